The van der Waals surface area contributed by atoms with Crippen molar-refractivity contribution in [2.45, 2.75) is 34.6 Å². The van der Waals surface area contributed by atoms with E-state index in [0.29, 0.717) is 28.8 Å². The molecule has 7 heteroatoms. The fourth-order valence-corrected chi connectivity index (χ4v) is 4.54. The molecule has 3 N–H and O–H groups in total. The van der Waals surface area contributed by atoms with E-state index in [9.17, 15) is 14.7 Å². The van der Waals surface area contributed by atoms with Crippen molar-refractivity contribution in [3.05, 3.63) is 71.8 Å². The molecule has 202 valence electrons. The molecule has 0 heterocycles. The predicted octanol–water partition coefficient (Wildman–Crippen LogP) is 7.19. The fourth-order valence-electron chi connectivity index (χ4n) is 4.54. The Hall–Kier alpha value is -4.00. The molecular formula is C31H40N4O3. The largest absolute Gasteiger partial charge is 0.478 e. The number of benzene rings is 3. The van der Waals surface area contributed by atoms with Crippen LogP contribution >= 0.6 is 0 Å². The summed E-state index contributed by atoms with van der Waals surface area (Å²) in [5, 5.41) is 15.9. The van der Waals surface area contributed by atoms with Crippen LogP contribution in [0, 0.1) is 18.8 Å². The van der Waals surface area contributed by atoms with Crippen LogP contribution in [-0.4, -0.2) is 44.3 Å². The first-order valence-electron chi connectivity index (χ1n) is 13.0. The van der Waals surface area contributed by atoms with E-state index in [1.807, 2.05) is 74.4 Å². The third-order valence-electron chi connectivity index (χ3n) is 6.11. The highest BCUT2D eigenvalue weighted by Gasteiger charge is 2.21. The zero-order valence-electron chi connectivity index (χ0n) is 23.5. The molecular weight excluding hydrogens is 476 g/mol. The second-order valence-corrected chi connectivity index (χ2v) is 10.8. The summed E-state index contributed by atoms with van der Waals surface area (Å²) in [6.45, 7) is 12.3. The molecule has 3 aromatic carbocycles. The number of urea groups is 1. The maximum absolute atomic E-state index is 13.1. The molecule has 3 rings (SSSR count). The summed E-state index contributed by atoms with van der Waals surface area (Å²) in [5.74, 6) is -0.174. The van der Waals surface area contributed by atoms with Gasteiger partial charge in [-0.25, -0.2) is 9.59 Å². The van der Waals surface area contributed by atoms with E-state index >= 15 is 0 Å². The molecule has 0 saturated heterocycles. The van der Waals surface area contributed by atoms with Crippen LogP contribution in [0.4, 0.5) is 27.5 Å². The number of hydrogen-bond donors (Lipinski definition) is 3. The van der Waals surface area contributed by atoms with Crippen LogP contribution in [-0.2, 0) is 0 Å². The number of aryl methyl sites for hydroxylation is 1. The van der Waals surface area contributed by atoms with Crippen LogP contribution in [0.2, 0.25) is 0 Å². The average molecular weight is 517 g/mol. The van der Waals surface area contributed by atoms with Gasteiger partial charge in [-0.1, -0.05) is 57.5 Å². The standard InChI is InChI=1S/C31H40N4O3/c1-20(2)18-35(19-21(3)4)27-16-13-23(29-25(30(36)37)9-8-10-28(29)34(6)7)17-26(27)33-31(38)32-24-14-11-22(5)12-15-24/h8-17,20-21H,18-19H2,1-7H3,(H,36,37)(H2,32,33,38). The predicted molar refractivity (Wildman–Crippen MR) is 159 cm³/mol. The minimum absolute atomic E-state index is 0.209. The van der Waals surface area contributed by atoms with Crippen molar-refractivity contribution < 1.29 is 14.7 Å². The number of rotatable bonds is 10. The van der Waals surface area contributed by atoms with Crippen molar-refractivity contribution in [3.63, 3.8) is 0 Å². The molecule has 0 aliphatic heterocycles. The lowest BCUT2D eigenvalue weighted by molar-refractivity contribution is 0.0697. The number of carbonyl (C=O) groups excluding carboxylic acids is 1. The van der Waals surface area contributed by atoms with Gasteiger partial charge in [0.15, 0.2) is 0 Å². The van der Waals surface area contributed by atoms with Crippen LogP contribution in [0.5, 0.6) is 0 Å². The maximum atomic E-state index is 13.1. The topological polar surface area (TPSA) is 84.9 Å². The molecule has 0 fully saturated rings. The molecule has 0 unspecified atom stereocenters. The molecule has 7 nitrogen and oxygen atoms in total. The normalized spacial score (nSPS) is 11.0. The molecule has 0 aliphatic carbocycles. The Morgan fingerprint density at radius 2 is 1.47 bits per heavy atom. The van der Waals surface area contributed by atoms with Crippen molar-refractivity contribution >= 4 is 34.7 Å². The summed E-state index contributed by atoms with van der Waals surface area (Å²) in [7, 11) is 3.78. The van der Waals surface area contributed by atoms with Crippen LogP contribution in [0.3, 0.4) is 0 Å². The van der Waals surface area contributed by atoms with Gasteiger partial charge >= 0.3 is 12.0 Å². The molecule has 0 aromatic heterocycles. The minimum atomic E-state index is -0.999. The zero-order chi connectivity index (χ0) is 28.0. The van der Waals surface area contributed by atoms with Gasteiger partial charge in [0.1, 0.15) is 0 Å². The first kappa shape index (κ1) is 28.6. The Kier molecular flexibility index (Phi) is 9.40. The first-order valence-corrected chi connectivity index (χ1v) is 13.0. The number of carbonyl (C=O) groups is 2. The van der Waals surface area contributed by atoms with Gasteiger partial charge in [-0.2, -0.15) is 0 Å². The molecule has 0 spiro atoms. The summed E-state index contributed by atoms with van der Waals surface area (Å²) < 4.78 is 0. The van der Waals surface area contributed by atoms with Crippen molar-refractivity contribution in [3.8, 4) is 11.1 Å². The van der Waals surface area contributed by atoms with Crippen molar-refractivity contribution in [1.29, 1.82) is 0 Å². The minimum Gasteiger partial charge on any atom is -0.478 e. The van der Waals surface area contributed by atoms with Gasteiger partial charge in [-0.3, -0.25) is 0 Å². The number of hydrogen-bond acceptors (Lipinski definition) is 4. The van der Waals surface area contributed by atoms with Gasteiger partial charge in [0.2, 0.25) is 0 Å². The number of carboxylic acid groups (broad SMARTS) is 1. The van der Waals surface area contributed by atoms with Crippen molar-refractivity contribution in [2.75, 3.05) is 47.6 Å². The number of anilines is 4. The Balaban J connectivity index is 2.13. The lowest BCUT2D eigenvalue weighted by Crippen LogP contribution is -2.32. The number of carboxylic acids is 1. The van der Waals surface area contributed by atoms with Crippen LogP contribution in [0.1, 0.15) is 43.6 Å². The van der Waals surface area contributed by atoms with Gasteiger partial charge in [0, 0.05) is 44.1 Å². The van der Waals surface area contributed by atoms with Crippen LogP contribution in [0.15, 0.2) is 60.7 Å². The van der Waals surface area contributed by atoms with E-state index in [1.54, 1.807) is 12.1 Å². The molecule has 0 atom stereocenters. The summed E-state index contributed by atoms with van der Waals surface area (Å²) in [6, 6.07) is 18.3. The van der Waals surface area contributed by atoms with Gasteiger partial charge in [0.05, 0.1) is 16.9 Å². The molecule has 3 aromatic rings. The number of nitrogens with zero attached hydrogens (tertiary/aromatic N) is 2. The highest BCUT2D eigenvalue weighted by Crippen LogP contribution is 2.38. The zero-order valence-corrected chi connectivity index (χ0v) is 23.5. The lowest BCUT2D eigenvalue weighted by Gasteiger charge is -2.31. The quantitative estimate of drug-likeness (QED) is 0.266. The molecule has 0 aliphatic rings. The van der Waals surface area contributed by atoms with E-state index in [2.05, 4.69) is 43.2 Å². The van der Waals surface area contributed by atoms with Gasteiger partial charge in [0.25, 0.3) is 0 Å². The maximum Gasteiger partial charge on any atom is 0.336 e. The molecule has 0 bridgehead atoms. The van der Waals surface area contributed by atoms with E-state index < -0.39 is 5.97 Å². The van der Waals surface area contributed by atoms with E-state index in [-0.39, 0.29) is 11.6 Å². The number of aromatic carboxylic acids is 1. The van der Waals surface area contributed by atoms with Crippen molar-refractivity contribution in [2.24, 2.45) is 11.8 Å². The van der Waals surface area contributed by atoms with Gasteiger partial charge in [-0.05, 0) is 60.7 Å². The molecule has 0 radical (unpaired) electrons. The Labute approximate surface area is 226 Å². The van der Waals surface area contributed by atoms with Crippen LogP contribution < -0.4 is 20.4 Å². The van der Waals surface area contributed by atoms with Crippen molar-refractivity contribution in [1.82, 2.24) is 0 Å². The number of nitrogens with one attached hydrogen (secondary N) is 2. The fraction of sp³-hybridized carbons (Fsp3) is 0.355. The summed E-state index contributed by atoms with van der Waals surface area (Å²) in [6.07, 6.45) is 0. The highest BCUT2D eigenvalue weighted by molar-refractivity contribution is 6.04. The molecule has 0 saturated carbocycles. The summed E-state index contributed by atoms with van der Waals surface area (Å²) in [4.78, 5) is 29.5. The van der Waals surface area contributed by atoms with Gasteiger partial charge in [-0.15, -0.1) is 0 Å². The van der Waals surface area contributed by atoms with Gasteiger partial charge < -0.3 is 25.5 Å². The van der Waals surface area contributed by atoms with E-state index in [1.165, 1.54) is 0 Å². The SMILES string of the molecule is Cc1ccc(NC(=O)Nc2cc(-c3c(C(=O)O)cccc3N(C)C)ccc2N(CC(C)C)CC(C)C)cc1. The molecule has 2 amide bonds. The Morgan fingerprint density at radius 3 is 2.03 bits per heavy atom. The third kappa shape index (κ3) is 7.28. The lowest BCUT2D eigenvalue weighted by atomic mass is 9.95. The van der Waals surface area contributed by atoms with E-state index in [4.69, 9.17) is 0 Å². The summed E-state index contributed by atoms with van der Waals surface area (Å²) >= 11 is 0. The monoisotopic (exact) mass is 516 g/mol. The van der Waals surface area contributed by atoms with E-state index in [0.717, 1.165) is 35.6 Å². The Bertz CT molecular complexity index is 1260. The highest BCUT2D eigenvalue weighted by atomic mass is 16.4. The summed E-state index contributed by atoms with van der Waals surface area (Å²) in [5.41, 5.74) is 5.64. The smallest absolute Gasteiger partial charge is 0.336 e. The third-order valence-corrected chi connectivity index (χ3v) is 6.11. The average Bonchev–Trinajstić information content (AvgIpc) is 2.83. The first-order chi connectivity index (χ1) is 18.0. The second-order valence-electron chi connectivity index (χ2n) is 10.8. The van der Waals surface area contributed by atoms with Crippen LogP contribution in [0.25, 0.3) is 11.1 Å². The number of amides is 2. The Morgan fingerprint density at radius 1 is 0.842 bits per heavy atom. The second kappa shape index (κ2) is 12.5. The molecule has 38 heavy (non-hydrogen) atoms.